The molecule has 3 heteroatoms. The third-order valence-corrected chi connectivity index (χ3v) is 2.86. The molecule has 31 heavy (non-hydrogen) atoms. The second-order valence-corrected chi connectivity index (χ2v) is 4.47. The van der Waals surface area contributed by atoms with E-state index in [1.165, 1.54) is 58.3 Å². The summed E-state index contributed by atoms with van der Waals surface area (Å²) in [5.41, 5.74) is 0. The number of allylic oxidation sites excluding steroid dienone is 2. The molecule has 0 unspecified atom stereocenters. The van der Waals surface area contributed by atoms with Crippen LogP contribution in [0.25, 0.3) is 0 Å². The lowest BCUT2D eigenvalue weighted by Gasteiger charge is -2.08. The van der Waals surface area contributed by atoms with Crippen LogP contribution < -0.4 is 16.0 Å². The molecule has 0 atom stereocenters. The number of nitrogens with one attached hydrogen (secondary N) is 3. The zero-order valence-electron chi connectivity index (χ0n) is 22.9. The zero-order valence-corrected chi connectivity index (χ0v) is 22.9. The lowest BCUT2D eigenvalue weighted by molar-refractivity contribution is 0.520. The van der Waals surface area contributed by atoms with Crippen LogP contribution in [0.5, 0.6) is 0 Å². The normalized spacial score (nSPS) is 13.0. The maximum Gasteiger partial charge on any atom is -0.00326 e. The first-order valence-corrected chi connectivity index (χ1v) is 13.0. The number of hydrogen-bond donors (Lipinski definition) is 3. The Bertz CT molecular complexity index is 167. The van der Waals surface area contributed by atoms with Crippen LogP contribution in [0.3, 0.4) is 0 Å². The van der Waals surface area contributed by atoms with Gasteiger partial charge in [-0.05, 0) is 70.7 Å². The molecular formula is C28H71N3. The second kappa shape index (κ2) is 88.5. The van der Waals surface area contributed by atoms with Crippen molar-refractivity contribution in [3.05, 3.63) is 24.6 Å². The Morgan fingerprint density at radius 3 is 0.774 bits per heavy atom. The molecule has 0 radical (unpaired) electrons. The summed E-state index contributed by atoms with van der Waals surface area (Å²) in [5.74, 6) is 0. The standard InChI is InChI=1S/C5H11N.C5H7N.C4H9N.6C2H6.2CH4/c2*1-2-4-6-5-3-1;1-2-4-5-3-1;6*1-2;;/h6H,1-5H2;2-6H,1H2;5H,1-4H2;6*1-2H3;2*1H4. The summed E-state index contributed by atoms with van der Waals surface area (Å²) in [5, 5.41) is 9.43. The van der Waals surface area contributed by atoms with Crippen LogP contribution in [-0.2, 0) is 0 Å². The molecule has 2 saturated heterocycles. The minimum absolute atomic E-state index is 0. The summed E-state index contributed by atoms with van der Waals surface area (Å²) in [6.45, 7) is 29.0. The lowest BCUT2D eigenvalue weighted by atomic mass is 10.2. The van der Waals surface area contributed by atoms with Gasteiger partial charge in [-0.2, -0.15) is 0 Å². The summed E-state index contributed by atoms with van der Waals surface area (Å²) >= 11 is 0. The van der Waals surface area contributed by atoms with Crippen LogP contribution in [0.1, 0.15) is 136 Å². The molecule has 0 saturated carbocycles. The Kier molecular flexibility index (Phi) is 149. The van der Waals surface area contributed by atoms with Gasteiger partial charge in [0, 0.05) is 0 Å². The molecule has 0 spiro atoms. The van der Waals surface area contributed by atoms with Gasteiger partial charge >= 0.3 is 0 Å². The maximum atomic E-state index is 3.28. The van der Waals surface area contributed by atoms with Crippen molar-refractivity contribution < 1.29 is 0 Å². The van der Waals surface area contributed by atoms with Crippen molar-refractivity contribution in [2.75, 3.05) is 26.2 Å². The Morgan fingerprint density at radius 2 is 0.677 bits per heavy atom. The fraction of sp³-hybridized carbons (Fsp3) is 0.857. The number of hydrogen-bond acceptors (Lipinski definition) is 3. The third-order valence-electron chi connectivity index (χ3n) is 2.86. The predicted molar refractivity (Wildman–Crippen MR) is 156 cm³/mol. The molecule has 0 aromatic carbocycles. The third kappa shape index (κ3) is 82.3. The predicted octanol–water partition coefficient (Wildman–Crippen LogP) is 9.57. The van der Waals surface area contributed by atoms with E-state index >= 15 is 0 Å². The minimum Gasteiger partial charge on any atom is -0.368 e. The van der Waals surface area contributed by atoms with E-state index in [1.807, 2.05) is 95.5 Å². The van der Waals surface area contributed by atoms with Crippen LogP contribution in [0.15, 0.2) is 24.6 Å². The van der Waals surface area contributed by atoms with E-state index in [4.69, 9.17) is 0 Å². The SMILES string of the molecule is C.C.C1=CNC=CC1.C1CCNC1.C1CCNCC1.CC.CC.CC.CC.CC.CC. The van der Waals surface area contributed by atoms with E-state index in [0.29, 0.717) is 0 Å². The summed E-state index contributed by atoms with van der Waals surface area (Å²) in [6, 6.07) is 0. The number of piperidine rings is 1. The van der Waals surface area contributed by atoms with Gasteiger partial charge in [-0.25, -0.2) is 0 Å². The van der Waals surface area contributed by atoms with Crippen LogP contribution in [0, 0.1) is 0 Å². The highest BCUT2D eigenvalue weighted by molar-refractivity contribution is 4.98. The number of dihydropyridines is 1. The van der Waals surface area contributed by atoms with Gasteiger partial charge in [-0.3, -0.25) is 0 Å². The highest BCUT2D eigenvalue weighted by Gasteiger charge is 1.94. The van der Waals surface area contributed by atoms with Gasteiger partial charge in [0.15, 0.2) is 0 Å². The van der Waals surface area contributed by atoms with Gasteiger partial charge in [-0.15, -0.1) is 0 Å². The molecule has 0 aromatic heterocycles. The van der Waals surface area contributed by atoms with Crippen LogP contribution in [0.4, 0.5) is 0 Å². The fourth-order valence-electron chi connectivity index (χ4n) is 1.83. The van der Waals surface area contributed by atoms with Gasteiger partial charge in [0.1, 0.15) is 0 Å². The van der Waals surface area contributed by atoms with Crippen molar-refractivity contribution in [1.29, 1.82) is 0 Å². The lowest BCUT2D eigenvalue weighted by Crippen LogP contribution is -2.21. The van der Waals surface area contributed by atoms with E-state index in [9.17, 15) is 0 Å². The highest BCUT2D eigenvalue weighted by Crippen LogP contribution is 1.96. The van der Waals surface area contributed by atoms with E-state index < -0.39 is 0 Å². The number of rotatable bonds is 0. The molecule has 3 heterocycles. The summed E-state index contributed by atoms with van der Waals surface area (Å²) in [4.78, 5) is 0. The van der Waals surface area contributed by atoms with Crippen molar-refractivity contribution in [1.82, 2.24) is 16.0 Å². The van der Waals surface area contributed by atoms with Gasteiger partial charge < -0.3 is 16.0 Å². The van der Waals surface area contributed by atoms with Gasteiger partial charge in [0.25, 0.3) is 0 Å². The smallest absolute Gasteiger partial charge is 0.00326 e. The molecule has 0 amide bonds. The Balaban J connectivity index is -0.0000000337. The van der Waals surface area contributed by atoms with Crippen molar-refractivity contribution in [2.45, 2.75) is 136 Å². The van der Waals surface area contributed by atoms with Crippen molar-refractivity contribution >= 4 is 0 Å². The highest BCUT2D eigenvalue weighted by atomic mass is 14.9. The molecule has 0 bridgehead atoms. The first-order valence-electron chi connectivity index (χ1n) is 13.0. The van der Waals surface area contributed by atoms with Crippen LogP contribution in [-0.4, -0.2) is 26.2 Å². The van der Waals surface area contributed by atoms with Crippen molar-refractivity contribution in [3.8, 4) is 0 Å². The molecule has 3 aliphatic rings. The Labute approximate surface area is 203 Å². The summed E-state index contributed by atoms with van der Waals surface area (Å²) in [7, 11) is 0. The fourth-order valence-corrected chi connectivity index (χ4v) is 1.83. The van der Waals surface area contributed by atoms with E-state index in [1.54, 1.807) is 0 Å². The average molecular weight is 450 g/mol. The summed E-state index contributed by atoms with van der Waals surface area (Å²) < 4.78 is 0. The monoisotopic (exact) mass is 450 g/mol. The topological polar surface area (TPSA) is 36.1 Å². The molecule has 3 aliphatic heterocycles. The van der Waals surface area contributed by atoms with Gasteiger partial charge in [-0.1, -0.05) is 117 Å². The molecule has 198 valence electrons. The first-order chi connectivity index (χ1) is 14.5. The first kappa shape index (κ1) is 52.2. The maximum absolute atomic E-state index is 3.28. The molecule has 3 nitrogen and oxygen atoms in total. The van der Waals surface area contributed by atoms with E-state index in [0.717, 1.165) is 6.42 Å². The van der Waals surface area contributed by atoms with Crippen molar-refractivity contribution in [3.63, 3.8) is 0 Å². The quantitative estimate of drug-likeness (QED) is 0.344. The van der Waals surface area contributed by atoms with Gasteiger partial charge in [0.2, 0.25) is 0 Å². The molecular weight excluding hydrogens is 378 g/mol. The van der Waals surface area contributed by atoms with Crippen LogP contribution >= 0.6 is 0 Å². The van der Waals surface area contributed by atoms with Crippen LogP contribution in [0.2, 0.25) is 0 Å². The van der Waals surface area contributed by atoms with Crippen molar-refractivity contribution in [2.24, 2.45) is 0 Å². The molecule has 3 rings (SSSR count). The average Bonchev–Trinajstić information content (AvgIpc) is 3.50. The molecule has 3 N–H and O–H groups in total. The summed E-state index contributed by atoms with van der Waals surface area (Å²) in [6.07, 6.45) is 16.1. The Morgan fingerprint density at radius 1 is 0.419 bits per heavy atom. The van der Waals surface area contributed by atoms with E-state index in [-0.39, 0.29) is 14.9 Å². The Hall–Kier alpha value is -0.800. The van der Waals surface area contributed by atoms with E-state index in [2.05, 4.69) is 28.1 Å². The molecule has 0 aliphatic carbocycles. The zero-order chi connectivity index (χ0) is 24.0. The largest absolute Gasteiger partial charge is 0.368 e. The molecule has 0 aromatic rings. The second-order valence-electron chi connectivity index (χ2n) is 4.47. The minimum atomic E-state index is 0. The molecule has 2 fully saturated rings. The van der Waals surface area contributed by atoms with Gasteiger partial charge in [0.05, 0.1) is 0 Å².